The number of esters is 1. The fourth-order valence-electron chi connectivity index (χ4n) is 1.45. The van der Waals surface area contributed by atoms with Gasteiger partial charge < -0.3 is 9.84 Å². The number of hydrogen-bond acceptors (Lipinski definition) is 4. The largest absolute Gasteiger partial charge is 0.464 e. The third-order valence-electron chi connectivity index (χ3n) is 2.51. The standard InChI is InChI=1S/C15H23NO3/c1-15(2,3)11-19-14(18)13(10-17)16-9-12-7-5-4-6-8-12/h4-8,13,16-17H,9-11H2,1-3H3/t13-/m0/s1. The van der Waals surface area contributed by atoms with E-state index < -0.39 is 12.0 Å². The molecule has 1 rings (SSSR count). The van der Waals surface area contributed by atoms with Crippen LogP contribution in [0.2, 0.25) is 0 Å². The zero-order valence-corrected chi connectivity index (χ0v) is 11.8. The van der Waals surface area contributed by atoms with Crippen LogP contribution in [0.1, 0.15) is 26.3 Å². The number of ether oxygens (including phenoxy) is 1. The van der Waals surface area contributed by atoms with Crippen LogP contribution < -0.4 is 5.32 Å². The van der Waals surface area contributed by atoms with Gasteiger partial charge >= 0.3 is 5.97 Å². The normalized spacial score (nSPS) is 13.1. The van der Waals surface area contributed by atoms with Crippen molar-refractivity contribution in [3.8, 4) is 0 Å². The van der Waals surface area contributed by atoms with Gasteiger partial charge in [-0.3, -0.25) is 10.1 Å². The molecule has 0 spiro atoms. The molecule has 0 aromatic heterocycles. The highest BCUT2D eigenvalue weighted by Gasteiger charge is 2.21. The summed E-state index contributed by atoms with van der Waals surface area (Å²) in [5.74, 6) is -0.409. The maximum atomic E-state index is 11.8. The number of rotatable bonds is 6. The molecule has 0 amide bonds. The van der Waals surface area contributed by atoms with Gasteiger partial charge in [-0.05, 0) is 11.0 Å². The molecule has 1 aromatic carbocycles. The lowest BCUT2D eigenvalue weighted by Crippen LogP contribution is -2.41. The Morgan fingerprint density at radius 1 is 1.32 bits per heavy atom. The summed E-state index contributed by atoms with van der Waals surface area (Å²) in [7, 11) is 0. The summed E-state index contributed by atoms with van der Waals surface area (Å²) in [5.41, 5.74) is 0.985. The van der Waals surface area contributed by atoms with Crippen molar-refractivity contribution < 1.29 is 14.6 Å². The highest BCUT2D eigenvalue weighted by Crippen LogP contribution is 2.13. The highest BCUT2D eigenvalue weighted by atomic mass is 16.5. The maximum Gasteiger partial charge on any atom is 0.325 e. The first-order valence-electron chi connectivity index (χ1n) is 6.47. The van der Waals surface area contributed by atoms with Crippen LogP contribution in [0.25, 0.3) is 0 Å². The molecular weight excluding hydrogens is 242 g/mol. The molecule has 0 radical (unpaired) electrons. The lowest BCUT2D eigenvalue weighted by molar-refractivity contribution is -0.150. The van der Waals surface area contributed by atoms with Crippen LogP contribution in [0.3, 0.4) is 0 Å². The van der Waals surface area contributed by atoms with Gasteiger partial charge in [-0.2, -0.15) is 0 Å². The molecule has 0 fully saturated rings. The van der Waals surface area contributed by atoms with Crippen molar-refractivity contribution in [2.24, 2.45) is 5.41 Å². The molecule has 4 heteroatoms. The summed E-state index contributed by atoms with van der Waals surface area (Å²) in [6.45, 7) is 6.57. The minimum atomic E-state index is -0.678. The third-order valence-corrected chi connectivity index (χ3v) is 2.51. The van der Waals surface area contributed by atoms with E-state index in [1.807, 2.05) is 51.1 Å². The Morgan fingerprint density at radius 2 is 1.95 bits per heavy atom. The van der Waals surface area contributed by atoms with Crippen LogP contribution in [0.4, 0.5) is 0 Å². The predicted molar refractivity (Wildman–Crippen MR) is 74.6 cm³/mol. The average Bonchev–Trinajstić information content (AvgIpc) is 2.37. The number of hydrogen-bond donors (Lipinski definition) is 2. The van der Waals surface area contributed by atoms with E-state index in [-0.39, 0.29) is 12.0 Å². The molecule has 106 valence electrons. The number of aliphatic hydroxyl groups is 1. The number of nitrogens with one attached hydrogen (secondary N) is 1. The van der Waals surface area contributed by atoms with Gasteiger partial charge in [0.05, 0.1) is 13.2 Å². The lowest BCUT2D eigenvalue weighted by Gasteiger charge is -2.21. The average molecular weight is 265 g/mol. The molecule has 1 aromatic rings. The van der Waals surface area contributed by atoms with Gasteiger partial charge in [-0.25, -0.2) is 0 Å². The van der Waals surface area contributed by atoms with E-state index in [0.717, 1.165) is 5.56 Å². The highest BCUT2D eigenvalue weighted by molar-refractivity contribution is 5.75. The summed E-state index contributed by atoms with van der Waals surface area (Å²) in [6.07, 6.45) is 0. The molecule has 2 N–H and O–H groups in total. The molecule has 0 bridgehead atoms. The van der Waals surface area contributed by atoms with E-state index in [0.29, 0.717) is 13.2 Å². The van der Waals surface area contributed by atoms with Crippen molar-refractivity contribution in [2.45, 2.75) is 33.4 Å². The van der Waals surface area contributed by atoms with Crippen molar-refractivity contribution >= 4 is 5.97 Å². The van der Waals surface area contributed by atoms with Crippen LogP contribution in [-0.2, 0) is 16.1 Å². The fourth-order valence-corrected chi connectivity index (χ4v) is 1.45. The molecular formula is C15H23NO3. The predicted octanol–water partition coefficient (Wildman–Crippen LogP) is 1.73. The zero-order chi connectivity index (χ0) is 14.3. The minimum Gasteiger partial charge on any atom is -0.464 e. The topological polar surface area (TPSA) is 58.6 Å². The lowest BCUT2D eigenvalue weighted by atomic mass is 9.99. The molecule has 1 atom stereocenters. The molecule has 0 saturated heterocycles. The Labute approximate surface area is 114 Å². The number of carbonyl (C=O) groups is 1. The first-order chi connectivity index (χ1) is 8.92. The Bertz CT molecular complexity index is 384. The Kier molecular flexibility index (Phi) is 5.99. The van der Waals surface area contributed by atoms with Gasteiger partial charge in [0.15, 0.2) is 0 Å². The van der Waals surface area contributed by atoms with E-state index >= 15 is 0 Å². The summed E-state index contributed by atoms with van der Waals surface area (Å²) in [5, 5.41) is 12.2. The van der Waals surface area contributed by atoms with Gasteiger partial charge in [-0.1, -0.05) is 51.1 Å². The monoisotopic (exact) mass is 265 g/mol. The summed E-state index contributed by atoms with van der Waals surface area (Å²) >= 11 is 0. The molecule has 0 unspecified atom stereocenters. The van der Waals surface area contributed by atoms with Gasteiger partial charge in [0, 0.05) is 6.54 Å². The Balaban J connectivity index is 2.42. The van der Waals surface area contributed by atoms with Gasteiger partial charge in [0.2, 0.25) is 0 Å². The van der Waals surface area contributed by atoms with E-state index in [2.05, 4.69) is 5.32 Å². The van der Waals surface area contributed by atoms with E-state index in [1.54, 1.807) is 0 Å². The Hall–Kier alpha value is -1.39. The van der Waals surface area contributed by atoms with E-state index in [9.17, 15) is 9.90 Å². The van der Waals surface area contributed by atoms with Crippen LogP contribution in [0.5, 0.6) is 0 Å². The number of benzene rings is 1. The summed E-state index contributed by atoms with van der Waals surface area (Å²) in [6, 6.07) is 9.04. The number of carbonyl (C=O) groups excluding carboxylic acids is 1. The smallest absolute Gasteiger partial charge is 0.325 e. The van der Waals surface area contributed by atoms with E-state index in [4.69, 9.17) is 4.74 Å². The van der Waals surface area contributed by atoms with Gasteiger partial charge in [-0.15, -0.1) is 0 Å². The van der Waals surface area contributed by atoms with Crippen LogP contribution in [-0.4, -0.2) is 30.3 Å². The van der Waals surface area contributed by atoms with Crippen LogP contribution in [0, 0.1) is 5.41 Å². The summed E-state index contributed by atoms with van der Waals surface area (Å²) < 4.78 is 5.19. The maximum absolute atomic E-state index is 11.8. The van der Waals surface area contributed by atoms with Crippen molar-refractivity contribution in [1.82, 2.24) is 5.32 Å². The molecule has 0 heterocycles. The van der Waals surface area contributed by atoms with Crippen molar-refractivity contribution in [3.05, 3.63) is 35.9 Å². The first kappa shape index (κ1) is 15.7. The molecule has 4 nitrogen and oxygen atoms in total. The molecule has 0 aliphatic carbocycles. The van der Waals surface area contributed by atoms with Crippen molar-refractivity contribution in [3.63, 3.8) is 0 Å². The molecule has 0 saturated carbocycles. The zero-order valence-electron chi connectivity index (χ0n) is 11.8. The first-order valence-corrected chi connectivity index (χ1v) is 6.47. The molecule has 0 aliphatic rings. The minimum absolute atomic E-state index is 0.0743. The van der Waals surface area contributed by atoms with E-state index in [1.165, 1.54) is 0 Å². The van der Waals surface area contributed by atoms with Crippen LogP contribution >= 0.6 is 0 Å². The second-order valence-corrected chi connectivity index (χ2v) is 5.77. The molecule has 0 aliphatic heterocycles. The number of aliphatic hydroxyl groups excluding tert-OH is 1. The molecule has 19 heavy (non-hydrogen) atoms. The fraction of sp³-hybridized carbons (Fsp3) is 0.533. The van der Waals surface area contributed by atoms with Gasteiger partial charge in [0.25, 0.3) is 0 Å². The Morgan fingerprint density at radius 3 is 2.47 bits per heavy atom. The van der Waals surface area contributed by atoms with Gasteiger partial charge in [0.1, 0.15) is 6.04 Å². The quantitative estimate of drug-likeness (QED) is 0.769. The third kappa shape index (κ3) is 6.36. The second kappa shape index (κ2) is 7.26. The van der Waals surface area contributed by atoms with Crippen molar-refractivity contribution in [1.29, 1.82) is 0 Å². The second-order valence-electron chi connectivity index (χ2n) is 5.77. The van der Waals surface area contributed by atoms with Crippen LogP contribution in [0.15, 0.2) is 30.3 Å². The van der Waals surface area contributed by atoms with Crippen molar-refractivity contribution in [2.75, 3.05) is 13.2 Å². The summed E-state index contributed by atoms with van der Waals surface area (Å²) in [4.78, 5) is 11.8. The SMILES string of the molecule is CC(C)(C)COC(=O)[C@H](CO)NCc1ccccc1.